The predicted molar refractivity (Wildman–Crippen MR) is 137 cm³/mol. The number of nitrogens with one attached hydrogen (secondary N) is 2. The lowest BCUT2D eigenvalue weighted by atomic mass is 9.97. The van der Waals surface area contributed by atoms with Crippen LogP contribution in [0.4, 0.5) is 10.1 Å². The molecule has 2 fully saturated rings. The average Bonchev–Trinajstić information content (AvgIpc) is 2.76. The molecule has 1 aromatic carbocycles. The van der Waals surface area contributed by atoms with Gasteiger partial charge in [0, 0.05) is 52.1 Å². The molecule has 0 radical (unpaired) electrons. The van der Waals surface area contributed by atoms with Crippen LogP contribution in [0.3, 0.4) is 0 Å². The van der Waals surface area contributed by atoms with Crippen LogP contribution in [0.5, 0.6) is 0 Å². The van der Waals surface area contributed by atoms with E-state index >= 15 is 0 Å². The molecular formula is C23H39FIN5O. The van der Waals surface area contributed by atoms with Gasteiger partial charge >= 0.3 is 0 Å². The van der Waals surface area contributed by atoms with Crippen LogP contribution in [0.25, 0.3) is 0 Å². The Morgan fingerprint density at radius 1 is 1.23 bits per heavy atom. The van der Waals surface area contributed by atoms with Gasteiger partial charge in [-0.15, -0.1) is 24.0 Å². The number of methoxy groups -OCH3 is 1. The summed E-state index contributed by atoms with van der Waals surface area (Å²) in [4.78, 5) is 9.30. The number of likely N-dealkylation sites (tertiary alicyclic amines) is 1. The molecule has 0 aliphatic carbocycles. The van der Waals surface area contributed by atoms with Crippen LogP contribution in [0, 0.1) is 18.7 Å². The summed E-state index contributed by atoms with van der Waals surface area (Å²) < 4.78 is 18.6. The second kappa shape index (κ2) is 13.4. The van der Waals surface area contributed by atoms with E-state index in [2.05, 4.69) is 25.4 Å². The molecule has 176 valence electrons. The molecule has 1 unspecified atom stereocenters. The Bertz CT molecular complexity index is 697. The Labute approximate surface area is 204 Å². The molecule has 6 nitrogen and oxygen atoms in total. The topological polar surface area (TPSA) is 52.1 Å². The molecule has 0 spiro atoms. The highest BCUT2D eigenvalue weighted by Crippen LogP contribution is 2.24. The molecule has 0 saturated carbocycles. The summed E-state index contributed by atoms with van der Waals surface area (Å²) in [5, 5.41) is 7.15. The molecule has 0 aromatic heterocycles. The number of halogens is 2. The molecule has 31 heavy (non-hydrogen) atoms. The number of aliphatic imine (C=N–C) groups is 1. The van der Waals surface area contributed by atoms with E-state index in [1.165, 1.54) is 12.8 Å². The molecule has 1 aromatic rings. The quantitative estimate of drug-likeness (QED) is 0.312. The first kappa shape index (κ1) is 26.1. The van der Waals surface area contributed by atoms with Gasteiger partial charge in [-0.25, -0.2) is 4.39 Å². The Kier molecular flexibility index (Phi) is 11.3. The molecule has 3 rings (SSSR count). The predicted octanol–water partition coefficient (Wildman–Crippen LogP) is 3.24. The Morgan fingerprint density at radius 3 is 2.68 bits per heavy atom. The Morgan fingerprint density at radius 2 is 2.00 bits per heavy atom. The van der Waals surface area contributed by atoms with Crippen LogP contribution in [0.15, 0.2) is 23.2 Å². The van der Waals surface area contributed by atoms with Crippen molar-refractivity contribution in [1.29, 1.82) is 0 Å². The number of guanidine groups is 1. The molecule has 1 atom stereocenters. The number of aryl methyl sites for hydroxylation is 1. The SMILES string of the molecule is CN=C(NCC1CCN(CCOC)CC1)NC1CCCN(c2ccc(F)cc2C)C1.I. The summed E-state index contributed by atoms with van der Waals surface area (Å²) >= 11 is 0. The summed E-state index contributed by atoms with van der Waals surface area (Å²) in [6.45, 7) is 9.01. The second-order valence-corrected chi connectivity index (χ2v) is 8.59. The third kappa shape index (κ3) is 8.05. The van der Waals surface area contributed by atoms with Crippen molar-refractivity contribution in [3.05, 3.63) is 29.6 Å². The minimum Gasteiger partial charge on any atom is -0.383 e. The number of nitrogens with zero attached hydrogens (tertiary/aromatic N) is 3. The molecule has 2 aliphatic rings. The van der Waals surface area contributed by atoms with Crippen molar-refractivity contribution in [2.45, 2.75) is 38.6 Å². The number of rotatable bonds is 7. The molecule has 0 amide bonds. The number of anilines is 1. The van der Waals surface area contributed by atoms with Crippen LogP contribution in [0.1, 0.15) is 31.2 Å². The van der Waals surface area contributed by atoms with Crippen LogP contribution in [-0.4, -0.2) is 76.9 Å². The zero-order valence-electron chi connectivity index (χ0n) is 19.2. The third-order valence-corrected chi connectivity index (χ3v) is 6.36. The van der Waals surface area contributed by atoms with Crippen LogP contribution >= 0.6 is 24.0 Å². The first-order chi connectivity index (χ1) is 14.6. The molecule has 2 aliphatic heterocycles. The fourth-order valence-electron chi connectivity index (χ4n) is 4.55. The van der Waals surface area contributed by atoms with E-state index in [0.29, 0.717) is 12.0 Å². The van der Waals surface area contributed by atoms with Gasteiger partial charge in [0.05, 0.1) is 6.61 Å². The highest BCUT2D eigenvalue weighted by atomic mass is 127. The van der Waals surface area contributed by atoms with Crippen molar-refractivity contribution >= 4 is 35.6 Å². The maximum Gasteiger partial charge on any atom is 0.191 e. The third-order valence-electron chi connectivity index (χ3n) is 6.36. The number of hydrogen-bond donors (Lipinski definition) is 2. The lowest BCUT2D eigenvalue weighted by Gasteiger charge is -2.36. The molecule has 2 saturated heterocycles. The van der Waals surface area contributed by atoms with E-state index < -0.39 is 0 Å². The van der Waals surface area contributed by atoms with Crippen LogP contribution in [0.2, 0.25) is 0 Å². The van der Waals surface area contributed by atoms with Gasteiger partial charge in [-0.05, 0) is 75.4 Å². The molecule has 2 heterocycles. The zero-order valence-corrected chi connectivity index (χ0v) is 21.5. The van der Waals surface area contributed by atoms with Crippen molar-refractivity contribution in [2.75, 3.05) is 64.9 Å². The lowest BCUT2D eigenvalue weighted by Crippen LogP contribution is -2.52. The fraction of sp³-hybridized carbons (Fsp3) is 0.696. The standard InChI is InChI=1S/C23H38FN5O.HI/c1-18-15-20(24)6-7-22(18)29-10-4-5-21(17-29)27-23(25-2)26-16-19-8-11-28(12-9-19)13-14-30-3;/h6-7,15,19,21H,4-5,8-14,16-17H2,1-3H3,(H2,25,26,27);1H. The van der Waals surface area contributed by atoms with Crippen molar-refractivity contribution < 1.29 is 9.13 Å². The number of hydrogen-bond acceptors (Lipinski definition) is 4. The number of piperidine rings is 2. The van der Waals surface area contributed by atoms with Crippen LogP contribution in [-0.2, 0) is 4.74 Å². The minimum atomic E-state index is -0.169. The van der Waals surface area contributed by atoms with Gasteiger partial charge in [0.15, 0.2) is 5.96 Å². The van der Waals surface area contributed by atoms with Gasteiger partial charge < -0.3 is 25.2 Å². The van der Waals surface area contributed by atoms with E-state index in [0.717, 1.165) is 75.9 Å². The second-order valence-electron chi connectivity index (χ2n) is 8.59. The van der Waals surface area contributed by atoms with Gasteiger partial charge in [0.1, 0.15) is 5.82 Å². The van der Waals surface area contributed by atoms with Crippen molar-refractivity contribution in [2.24, 2.45) is 10.9 Å². The first-order valence-electron chi connectivity index (χ1n) is 11.3. The first-order valence-corrected chi connectivity index (χ1v) is 11.3. The maximum absolute atomic E-state index is 13.5. The van der Waals surface area contributed by atoms with Gasteiger partial charge in [-0.2, -0.15) is 0 Å². The molecule has 2 N–H and O–H groups in total. The smallest absolute Gasteiger partial charge is 0.191 e. The monoisotopic (exact) mass is 547 g/mol. The highest BCUT2D eigenvalue weighted by molar-refractivity contribution is 14.0. The van der Waals surface area contributed by atoms with Gasteiger partial charge in [-0.3, -0.25) is 4.99 Å². The van der Waals surface area contributed by atoms with E-state index in [1.54, 1.807) is 19.2 Å². The summed E-state index contributed by atoms with van der Waals surface area (Å²) in [6, 6.07) is 5.41. The molecule has 0 bridgehead atoms. The van der Waals surface area contributed by atoms with Crippen molar-refractivity contribution in [3.8, 4) is 0 Å². The van der Waals surface area contributed by atoms with Crippen molar-refractivity contribution in [1.82, 2.24) is 15.5 Å². The Balaban J connectivity index is 0.00000341. The van der Waals surface area contributed by atoms with E-state index in [9.17, 15) is 4.39 Å². The minimum absolute atomic E-state index is 0. The highest BCUT2D eigenvalue weighted by Gasteiger charge is 2.23. The zero-order chi connectivity index (χ0) is 21.3. The molecule has 8 heteroatoms. The number of ether oxygens (including phenoxy) is 1. The largest absolute Gasteiger partial charge is 0.383 e. The lowest BCUT2D eigenvalue weighted by molar-refractivity contribution is 0.121. The van der Waals surface area contributed by atoms with E-state index in [-0.39, 0.29) is 29.8 Å². The summed E-state index contributed by atoms with van der Waals surface area (Å²) in [5.74, 6) is 1.41. The van der Waals surface area contributed by atoms with E-state index in [1.807, 2.05) is 20.0 Å². The van der Waals surface area contributed by atoms with Crippen molar-refractivity contribution in [3.63, 3.8) is 0 Å². The van der Waals surface area contributed by atoms with Crippen LogP contribution < -0.4 is 15.5 Å². The summed E-state index contributed by atoms with van der Waals surface area (Å²) in [5.41, 5.74) is 2.13. The van der Waals surface area contributed by atoms with E-state index in [4.69, 9.17) is 4.74 Å². The fourth-order valence-corrected chi connectivity index (χ4v) is 4.55. The normalized spacial score (nSPS) is 21.0. The average molecular weight is 548 g/mol. The van der Waals surface area contributed by atoms with Gasteiger partial charge in [0.25, 0.3) is 0 Å². The molecular weight excluding hydrogens is 508 g/mol. The Hall–Kier alpha value is -1.13. The number of benzene rings is 1. The van der Waals surface area contributed by atoms with Gasteiger partial charge in [-0.1, -0.05) is 0 Å². The van der Waals surface area contributed by atoms with Gasteiger partial charge in [0.2, 0.25) is 0 Å². The maximum atomic E-state index is 13.5. The summed E-state index contributed by atoms with van der Waals surface area (Å²) in [7, 11) is 3.61. The summed E-state index contributed by atoms with van der Waals surface area (Å²) in [6.07, 6.45) is 4.67.